The van der Waals surface area contributed by atoms with Crippen molar-refractivity contribution in [3.05, 3.63) is 0 Å². The van der Waals surface area contributed by atoms with Gasteiger partial charge in [-0.25, -0.2) is 0 Å². The van der Waals surface area contributed by atoms with Crippen LogP contribution in [0.3, 0.4) is 0 Å². The predicted octanol–water partition coefficient (Wildman–Crippen LogP) is 0.575. The highest BCUT2D eigenvalue weighted by Crippen LogP contribution is 2.04. The molecule has 0 saturated carbocycles. The van der Waals surface area contributed by atoms with E-state index < -0.39 is 0 Å². The van der Waals surface area contributed by atoms with E-state index in [1.165, 1.54) is 0 Å². The van der Waals surface area contributed by atoms with Crippen LogP contribution in [-0.2, 0) is 4.79 Å². The van der Waals surface area contributed by atoms with Crippen molar-refractivity contribution < 1.29 is 4.79 Å². The third-order valence-electron chi connectivity index (χ3n) is 1.30. The van der Waals surface area contributed by atoms with Gasteiger partial charge in [0.25, 0.3) is 5.91 Å². The van der Waals surface area contributed by atoms with Gasteiger partial charge in [0.1, 0.15) is 0 Å². The molecule has 1 fully saturated rings. The van der Waals surface area contributed by atoms with E-state index in [2.05, 4.69) is 26.7 Å². The summed E-state index contributed by atoms with van der Waals surface area (Å²) < 4.78 is 0. The standard InChI is InChI=1S/C6H6BrNO/c7-3-2-6(9)8-4-1-5-8/h1,4-5H2. The molecule has 0 aromatic rings. The Balaban J connectivity index is 2.38. The molecule has 0 aromatic carbocycles. The number of halogens is 1. The van der Waals surface area contributed by atoms with Crippen molar-refractivity contribution in [1.29, 1.82) is 0 Å². The van der Waals surface area contributed by atoms with Crippen LogP contribution in [0.1, 0.15) is 6.42 Å². The van der Waals surface area contributed by atoms with Gasteiger partial charge in [-0.15, -0.1) is 0 Å². The zero-order valence-electron chi connectivity index (χ0n) is 4.85. The summed E-state index contributed by atoms with van der Waals surface area (Å²) in [6, 6.07) is 0. The number of carbonyl (C=O) groups is 1. The van der Waals surface area contributed by atoms with Crippen LogP contribution in [0.15, 0.2) is 0 Å². The first-order valence-corrected chi connectivity index (χ1v) is 3.54. The van der Waals surface area contributed by atoms with Gasteiger partial charge in [-0.2, -0.15) is 0 Å². The quantitative estimate of drug-likeness (QED) is 0.509. The molecule has 1 amide bonds. The van der Waals surface area contributed by atoms with E-state index in [-0.39, 0.29) is 5.91 Å². The fourth-order valence-corrected chi connectivity index (χ4v) is 0.808. The fraction of sp³-hybridized carbons (Fsp3) is 0.500. The second kappa shape index (κ2) is 2.88. The van der Waals surface area contributed by atoms with Crippen LogP contribution < -0.4 is 0 Å². The number of carbonyl (C=O) groups excluding carboxylic acids is 1. The second-order valence-corrected chi connectivity index (χ2v) is 2.26. The maximum Gasteiger partial charge on any atom is 0.299 e. The molecule has 3 heteroatoms. The number of amides is 1. The molecule has 1 heterocycles. The molecule has 1 rings (SSSR count). The second-order valence-electron chi connectivity index (χ2n) is 1.87. The van der Waals surface area contributed by atoms with Crippen molar-refractivity contribution in [2.24, 2.45) is 0 Å². The van der Waals surface area contributed by atoms with Crippen LogP contribution in [0.2, 0.25) is 0 Å². The van der Waals surface area contributed by atoms with E-state index in [1.54, 1.807) is 4.90 Å². The average Bonchev–Trinajstić information content (AvgIpc) is 1.60. The Bertz CT molecular complexity index is 175. The minimum absolute atomic E-state index is 0.0712. The SMILES string of the molecule is O=C(C#CBr)N1CCC1. The Morgan fingerprint density at radius 1 is 1.56 bits per heavy atom. The maximum atomic E-state index is 10.7. The number of rotatable bonds is 0. The third kappa shape index (κ3) is 1.46. The Labute approximate surface area is 62.3 Å². The number of likely N-dealkylation sites (tertiary alicyclic amines) is 1. The van der Waals surface area contributed by atoms with Gasteiger partial charge in [0, 0.05) is 34.9 Å². The molecular formula is C6H6BrNO. The molecule has 0 radical (unpaired) electrons. The summed E-state index contributed by atoms with van der Waals surface area (Å²) in [6.45, 7) is 1.75. The van der Waals surface area contributed by atoms with E-state index in [4.69, 9.17) is 0 Å². The highest BCUT2D eigenvalue weighted by atomic mass is 79.9. The Morgan fingerprint density at radius 2 is 2.22 bits per heavy atom. The summed E-state index contributed by atoms with van der Waals surface area (Å²) in [7, 11) is 0. The Kier molecular flexibility index (Phi) is 2.12. The van der Waals surface area contributed by atoms with Crippen molar-refractivity contribution in [2.45, 2.75) is 6.42 Å². The largest absolute Gasteiger partial charge is 0.332 e. The lowest BCUT2D eigenvalue weighted by Crippen LogP contribution is -2.41. The maximum absolute atomic E-state index is 10.7. The zero-order chi connectivity index (χ0) is 6.69. The molecule has 48 valence electrons. The van der Waals surface area contributed by atoms with Crippen molar-refractivity contribution in [2.75, 3.05) is 13.1 Å². The molecule has 9 heavy (non-hydrogen) atoms. The van der Waals surface area contributed by atoms with E-state index in [0.29, 0.717) is 0 Å². The lowest BCUT2D eigenvalue weighted by Gasteiger charge is -2.28. The number of hydrogen-bond acceptors (Lipinski definition) is 1. The van der Waals surface area contributed by atoms with Crippen LogP contribution in [0.25, 0.3) is 0 Å². The van der Waals surface area contributed by atoms with Crippen LogP contribution >= 0.6 is 15.9 Å². The molecule has 0 atom stereocenters. The molecule has 0 aliphatic carbocycles. The molecule has 0 N–H and O–H groups in total. The summed E-state index contributed by atoms with van der Waals surface area (Å²) in [5, 5.41) is 0. The van der Waals surface area contributed by atoms with Gasteiger partial charge < -0.3 is 4.90 Å². The van der Waals surface area contributed by atoms with Gasteiger partial charge in [0.15, 0.2) is 0 Å². The van der Waals surface area contributed by atoms with Crippen LogP contribution in [0.4, 0.5) is 0 Å². The van der Waals surface area contributed by atoms with E-state index in [1.807, 2.05) is 0 Å². The molecule has 1 aliphatic heterocycles. The van der Waals surface area contributed by atoms with Crippen molar-refractivity contribution in [3.63, 3.8) is 0 Å². The summed E-state index contributed by atoms with van der Waals surface area (Å²) in [5.74, 6) is 2.33. The minimum Gasteiger partial charge on any atom is -0.332 e. The first-order valence-electron chi connectivity index (χ1n) is 2.75. The smallest absolute Gasteiger partial charge is 0.299 e. The topological polar surface area (TPSA) is 20.3 Å². The lowest BCUT2D eigenvalue weighted by molar-refractivity contribution is -0.128. The van der Waals surface area contributed by atoms with Crippen LogP contribution in [0, 0.1) is 10.8 Å². The lowest BCUT2D eigenvalue weighted by atomic mass is 10.2. The summed E-state index contributed by atoms with van der Waals surface area (Å²) in [5.41, 5.74) is 0. The first-order chi connectivity index (χ1) is 4.34. The number of nitrogens with zero attached hydrogens (tertiary/aromatic N) is 1. The first kappa shape index (κ1) is 6.63. The van der Waals surface area contributed by atoms with Gasteiger partial charge in [-0.05, 0) is 11.3 Å². The van der Waals surface area contributed by atoms with E-state index in [0.717, 1.165) is 19.5 Å². The zero-order valence-corrected chi connectivity index (χ0v) is 6.44. The predicted molar refractivity (Wildman–Crippen MR) is 37.9 cm³/mol. The highest BCUT2D eigenvalue weighted by molar-refractivity contribution is 9.12. The van der Waals surface area contributed by atoms with E-state index in [9.17, 15) is 4.79 Å². The highest BCUT2D eigenvalue weighted by Gasteiger charge is 2.17. The molecule has 0 bridgehead atoms. The van der Waals surface area contributed by atoms with Gasteiger partial charge >= 0.3 is 0 Å². The molecule has 1 saturated heterocycles. The van der Waals surface area contributed by atoms with Gasteiger partial charge in [0.05, 0.1) is 0 Å². The van der Waals surface area contributed by atoms with Gasteiger partial charge in [-0.3, -0.25) is 4.79 Å². The van der Waals surface area contributed by atoms with Crippen molar-refractivity contribution in [1.82, 2.24) is 4.90 Å². The summed E-state index contributed by atoms with van der Waals surface area (Å²) in [6.07, 6.45) is 1.12. The molecule has 2 nitrogen and oxygen atoms in total. The summed E-state index contributed by atoms with van der Waals surface area (Å²) >= 11 is 2.86. The third-order valence-corrected chi connectivity index (χ3v) is 1.50. The molecule has 0 unspecified atom stereocenters. The molecular weight excluding hydrogens is 182 g/mol. The molecule has 0 spiro atoms. The van der Waals surface area contributed by atoms with Crippen molar-refractivity contribution >= 4 is 21.8 Å². The summed E-state index contributed by atoms with van der Waals surface area (Å²) in [4.78, 5) is 14.9. The Hall–Kier alpha value is -0.490. The van der Waals surface area contributed by atoms with Gasteiger partial charge in [-0.1, -0.05) is 0 Å². The number of hydrogen-bond donors (Lipinski definition) is 0. The Morgan fingerprint density at radius 3 is 2.56 bits per heavy atom. The van der Waals surface area contributed by atoms with Gasteiger partial charge in [0.2, 0.25) is 0 Å². The van der Waals surface area contributed by atoms with Crippen molar-refractivity contribution in [3.8, 4) is 10.8 Å². The van der Waals surface area contributed by atoms with Crippen LogP contribution in [0.5, 0.6) is 0 Å². The average molecular weight is 188 g/mol. The monoisotopic (exact) mass is 187 g/mol. The molecule has 1 aliphatic rings. The normalized spacial score (nSPS) is 15.4. The minimum atomic E-state index is -0.0712. The van der Waals surface area contributed by atoms with E-state index >= 15 is 0 Å². The molecule has 0 aromatic heterocycles. The fourth-order valence-electron chi connectivity index (χ4n) is 0.639. The van der Waals surface area contributed by atoms with Crippen LogP contribution in [-0.4, -0.2) is 23.9 Å².